The molecule has 2 fully saturated rings. The number of piperidine rings is 1. The largest absolute Gasteiger partial charge is 0.348 e. The Hall–Kier alpha value is -1.85. The maximum absolute atomic E-state index is 12.7. The van der Waals surface area contributed by atoms with Gasteiger partial charge in [-0.3, -0.25) is 4.79 Å². The Balaban J connectivity index is 0.00000169. The van der Waals surface area contributed by atoms with Crippen LogP contribution in [-0.4, -0.2) is 34.8 Å². The molecular formula is C18H23ClN4O. The second-order valence-corrected chi connectivity index (χ2v) is 6.48. The van der Waals surface area contributed by atoms with E-state index in [2.05, 4.69) is 15.7 Å². The predicted octanol–water partition coefficient (Wildman–Crippen LogP) is 2.65. The third kappa shape index (κ3) is 3.47. The van der Waals surface area contributed by atoms with E-state index in [1.54, 1.807) is 6.20 Å². The molecule has 1 aliphatic carbocycles. The van der Waals surface area contributed by atoms with E-state index in [0.29, 0.717) is 5.92 Å². The molecule has 1 amide bonds. The Morgan fingerprint density at radius 3 is 2.67 bits per heavy atom. The summed E-state index contributed by atoms with van der Waals surface area (Å²) in [7, 11) is 0. The Morgan fingerprint density at radius 2 is 2.00 bits per heavy atom. The van der Waals surface area contributed by atoms with Crippen LogP contribution in [0.25, 0.3) is 5.69 Å². The second-order valence-electron chi connectivity index (χ2n) is 6.48. The first-order valence-electron chi connectivity index (χ1n) is 8.48. The van der Waals surface area contributed by atoms with Gasteiger partial charge in [0, 0.05) is 18.5 Å². The lowest BCUT2D eigenvalue weighted by atomic mass is 10.1. The van der Waals surface area contributed by atoms with Crippen molar-refractivity contribution in [3.8, 4) is 5.69 Å². The van der Waals surface area contributed by atoms with Crippen LogP contribution in [0.4, 0.5) is 0 Å². The number of rotatable bonds is 4. The average molecular weight is 347 g/mol. The summed E-state index contributed by atoms with van der Waals surface area (Å²) < 4.78 is 1.94. The lowest BCUT2D eigenvalue weighted by Crippen LogP contribution is -2.45. The predicted molar refractivity (Wildman–Crippen MR) is 96.1 cm³/mol. The van der Waals surface area contributed by atoms with E-state index in [1.165, 1.54) is 0 Å². The van der Waals surface area contributed by atoms with Crippen molar-refractivity contribution in [2.24, 2.45) is 0 Å². The summed E-state index contributed by atoms with van der Waals surface area (Å²) in [4.78, 5) is 12.7. The summed E-state index contributed by atoms with van der Waals surface area (Å²) in [5.74, 6) is 0.478. The first-order chi connectivity index (χ1) is 11.3. The van der Waals surface area contributed by atoms with Crippen LogP contribution < -0.4 is 10.6 Å². The molecule has 4 rings (SSSR count). The van der Waals surface area contributed by atoms with Crippen LogP contribution >= 0.6 is 12.4 Å². The van der Waals surface area contributed by atoms with Crippen LogP contribution in [0.2, 0.25) is 0 Å². The lowest BCUT2D eigenvalue weighted by molar-refractivity contribution is 0.0929. The molecule has 1 atom stereocenters. The molecule has 5 nitrogen and oxygen atoms in total. The van der Waals surface area contributed by atoms with Gasteiger partial charge in [-0.25, -0.2) is 4.68 Å². The Labute approximate surface area is 148 Å². The summed E-state index contributed by atoms with van der Waals surface area (Å²) in [6, 6.07) is 10.3. The molecule has 1 unspecified atom stereocenters. The minimum Gasteiger partial charge on any atom is -0.348 e. The van der Waals surface area contributed by atoms with Crippen molar-refractivity contribution in [2.75, 3.05) is 13.1 Å². The Bertz CT molecular complexity index is 690. The molecule has 2 aliphatic rings. The van der Waals surface area contributed by atoms with Crippen molar-refractivity contribution < 1.29 is 4.79 Å². The first kappa shape index (κ1) is 17.0. The number of aromatic nitrogens is 2. The molecule has 6 heteroatoms. The van der Waals surface area contributed by atoms with E-state index in [4.69, 9.17) is 0 Å². The van der Waals surface area contributed by atoms with Gasteiger partial charge in [0.15, 0.2) is 0 Å². The van der Waals surface area contributed by atoms with Crippen molar-refractivity contribution in [1.29, 1.82) is 0 Å². The third-order valence-electron chi connectivity index (χ3n) is 4.65. The highest BCUT2D eigenvalue weighted by Gasteiger charge is 2.33. The normalized spacial score (nSPS) is 20.2. The van der Waals surface area contributed by atoms with Gasteiger partial charge in [0.2, 0.25) is 0 Å². The molecule has 1 aromatic heterocycles. The van der Waals surface area contributed by atoms with E-state index >= 15 is 0 Å². The molecule has 1 saturated heterocycles. The fourth-order valence-corrected chi connectivity index (χ4v) is 3.30. The van der Waals surface area contributed by atoms with Crippen LogP contribution in [0.1, 0.15) is 47.7 Å². The van der Waals surface area contributed by atoms with Gasteiger partial charge < -0.3 is 10.6 Å². The second kappa shape index (κ2) is 7.36. The molecule has 2 N–H and O–H groups in total. The van der Waals surface area contributed by atoms with Gasteiger partial charge in [-0.15, -0.1) is 12.4 Å². The van der Waals surface area contributed by atoms with Gasteiger partial charge >= 0.3 is 0 Å². The van der Waals surface area contributed by atoms with E-state index in [1.807, 2.05) is 35.0 Å². The smallest absolute Gasteiger partial charge is 0.255 e. The van der Waals surface area contributed by atoms with Crippen LogP contribution in [-0.2, 0) is 0 Å². The SMILES string of the molecule is Cl.O=C(NC1CCCNC1)c1cnn(-c2ccccc2)c1C1CC1. The van der Waals surface area contributed by atoms with Gasteiger partial charge in [0.25, 0.3) is 5.91 Å². The van der Waals surface area contributed by atoms with Gasteiger partial charge in [0.05, 0.1) is 23.1 Å². The number of amides is 1. The molecule has 1 aromatic carbocycles. The van der Waals surface area contributed by atoms with Crippen molar-refractivity contribution in [2.45, 2.75) is 37.6 Å². The van der Waals surface area contributed by atoms with Crippen LogP contribution in [0.3, 0.4) is 0 Å². The zero-order valence-electron chi connectivity index (χ0n) is 13.6. The summed E-state index contributed by atoms with van der Waals surface area (Å²) in [5, 5.41) is 11.0. The van der Waals surface area contributed by atoms with Crippen molar-refractivity contribution in [3.63, 3.8) is 0 Å². The van der Waals surface area contributed by atoms with Gasteiger partial charge in [0.1, 0.15) is 0 Å². The maximum atomic E-state index is 12.7. The number of halogens is 1. The molecule has 0 radical (unpaired) electrons. The monoisotopic (exact) mass is 346 g/mol. The van der Waals surface area contributed by atoms with Gasteiger partial charge in [-0.1, -0.05) is 18.2 Å². The number of nitrogens with zero attached hydrogens (tertiary/aromatic N) is 2. The number of benzene rings is 1. The minimum atomic E-state index is 0. The zero-order valence-corrected chi connectivity index (χ0v) is 14.4. The molecular weight excluding hydrogens is 324 g/mol. The minimum absolute atomic E-state index is 0. The summed E-state index contributed by atoms with van der Waals surface area (Å²) >= 11 is 0. The van der Waals surface area contributed by atoms with E-state index in [9.17, 15) is 4.79 Å². The Kier molecular flexibility index (Phi) is 5.21. The highest BCUT2D eigenvalue weighted by atomic mass is 35.5. The van der Waals surface area contributed by atoms with Crippen LogP contribution in [0, 0.1) is 0 Å². The summed E-state index contributed by atoms with van der Waals surface area (Å²) in [6.07, 6.45) is 6.17. The number of hydrogen-bond acceptors (Lipinski definition) is 3. The molecule has 24 heavy (non-hydrogen) atoms. The lowest BCUT2D eigenvalue weighted by Gasteiger charge is -2.23. The van der Waals surface area contributed by atoms with E-state index in [0.717, 1.165) is 55.7 Å². The van der Waals surface area contributed by atoms with Gasteiger partial charge in [-0.2, -0.15) is 5.10 Å². The quantitative estimate of drug-likeness (QED) is 0.894. The molecule has 128 valence electrons. The standard InChI is InChI=1S/C18H22N4O.ClH/c23-18(21-14-5-4-10-19-11-14)16-12-20-22(17(16)13-8-9-13)15-6-2-1-3-7-15;/h1-3,6-7,12-14,19H,4-5,8-11H2,(H,21,23);1H. The molecule has 1 aliphatic heterocycles. The topological polar surface area (TPSA) is 59.0 Å². The maximum Gasteiger partial charge on any atom is 0.255 e. The third-order valence-corrected chi connectivity index (χ3v) is 4.65. The summed E-state index contributed by atoms with van der Waals surface area (Å²) in [5.41, 5.74) is 2.83. The zero-order chi connectivity index (χ0) is 15.6. The van der Waals surface area contributed by atoms with Crippen LogP contribution in [0.15, 0.2) is 36.5 Å². The van der Waals surface area contributed by atoms with E-state index in [-0.39, 0.29) is 24.4 Å². The van der Waals surface area contributed by atoms with Crippen molar-refractivity contribution in [1.82, 2.24) is 20.4 Å². The van der Waals surface area contributed by atoms with Crippen LogP contribution in [0.5, 0.6) is 0 Å². The van der Waals surface area contributed by atoms with Gasteiger partial charge in [-0.05, 0) is 44.4 Å². The Morgan fingerprint density at radius 1 is 1.21 bits per heavy atom. The molecule has 2 aromatic rings. The highest BCUT2D eigenvalue weighted by molar-refractivity contribution is 5.95. The first-order valence-corrected chi connectivity index (χ1v) is 8.48. The highest BCUT2D eigenvalue weighted by Crippen LogP contribution is 2.42. The fourth-order valence-electron chi connectivity index (χ4n) is 3.30. The molecule has 2 heterocycles. The number of nitrogens with one attached hydrogen (secondary N) is 2. The average Bonchev–Trinajstić information content (AvgIpc) is 3.34. The molecule has 0 spiro atoms. The number of carbonyl (C=O) groups excluding carboxylic acids is 1. The molecule has 0 bridgehead atoms. The molecule has 1 saturated carbocycles. The van der Waals surface area contributed by atoms with Crippen molar-refractivity contribution >= 4 is 18.3 Å². The number of hydrogen-bond donors (Lipinski definition) is 2. The van der Waals surface area contributed by atoms with Crippen molar-refractivity contribution in [3.05, 3.63) is 47.8 Å². The summed E-state index contributed by atoms with van der Waals surface area (Å²) in [6.45, 7) is 1.91. The fraction of sp³-hybridized carbons (Fsp3) is 0.444. The number of carbonyl (C=O) groups is 1. The van der Waals surface area contributed by atoms with E-state index < -0.39 is 0 Å². The number of para-hydroxylation sites is 1.